The molecule has 0 saturated carbocycles. The lowest BCUT2D eigenvalue weighted by atomic mass is 10.1. The minimum atomic E-state index is -1.63. The maximum atomic E-state index is 13.6. The van der Waals surface area contributed by atoms with E-state index in [2.05, 4.69) is 15.3 Å². The SMILES string of the molecule is Nc1nc(N(c2ccccc2)N2CCNCC2)sc1C(=O)c1cc(F)c(F)c(F)c1. The van der Waals surface area contributed by atoms with Crippen LogP contribution in [0.15, 0.2) is 42.5 Å². The molecule has 1 fully saturated rings. The first-order valence-corrected chi connectivity index (χ1v) is 10.0. The van der Waals surface area contributed by atoms with Crippen molar-refractivity contribution in [1.29, 1.82) is 0 Å². The highest BCUT2D eigenvalue weighted by Gasteiger charge is 2.27. The molecule has 156 valence electrons. The van der Waals surface area contributed by atoms with Gasteiger partial charge in [0.2, 0.25) is 10.9 Å². The number of halogens is 3. The molecule has 0 atom stereocenters. The number of benzene rings is 2. The van der Waals surface area contributed by atoms with E-state index in [4.69, 9.17) is 5.73 Å². The minimum absolute atomic E-state index is 0.0338. The summed E-state index contributed by atoms with van der Waals surface area (Å²) in [5.74, 6) is -5.27. The summed E-state index contributed by atoms with van der Waals surface area (Å²) in [5, 5.41) is 7.69. The number of nitrogens with two attached hydrogens (primary N) is 1. The third kappa shape index (κ3) is 3.89. The van der Waals surface area contributed by atoms with Gasteiger partial charge in [-0.2, -0.15) is 0 Å². The molecule has 0 spiro atoms. The lowest BCUT2D eigenvalue weighted by Crippen LogP contribution is -2.50. The Morgan fingerprint density at radius 3 is 2.37 bits per heavy atom. The van der Waals surface area contributed by atoms with E-state index in [-0.39, 0.29) is 16.3 Å². The smallest absolute Gasteiger partial charge is 0.207 e. The van der Waals surface area contributed by atoms with E-state index in [0.717, 1.165) is 30.1 Å². The molecule has 30 heavy (non-hydrogen) atoms. The van der Waals surface area contributed by atoms with Crippen LogP contribution in [0.1, 0.15) is 15.2 Å². The van der Waals surface area contributed by atoms with E-state index in [1.165, 1.54) is 0 Å². The Morgan fingerprint density at radius 2 is 1.73 bits per heavy atom. The predicted molar refractivity (Wildman–Crippen MR) is 109 cm³/mol. The van der Waals surface area contributed by atoms with Gasteiger partial charge >= 0.3 is 0 Å². The van der Waals surface area contributed by atoms with Crippen molar-refractivity contribution >= 4 is 33.8 Å². The second-order valence-corrected chi connectivity index (χ2v) is 7.62. The minimum Gasteiger partial charge on any atom is -0.382 e. The number of thiazole rings is 1. The maximum Gasteiger partial charge on any atom is 0.207 e. The number of carbonyl (C=O) groups is 1. The van der Waals surface area contributed by atoms with Crippen LogP contribution >= 0.6 is 11.3 Å². The van der Waals surface area contributed by atoms with Crippen molar-refractivity contribution < 1.29 is 18.0 Å². The number of piperazine rings is 1. The van der Waals surface area contributed by atoms with Crippen LogP contribution in [-0.2, 0) is 0 Å². The van der Waals surface area contributed by atoms with Gasteiger partial charge in [0.05, 0.1) is 5.69 Å². The number of para-hydroxylation sites is 1. The zero-order valence-electron chi connectivity index (χ0n) is 15.7. The standard InChI is InChI=1S/C20H18F3N5OS/c21-14-10-12(11-15(22)16(14)23)17(29)18-19(24)26-20(30-18)28(13-4-2-1-3-5-13)27-8-6-25-7-9-27/h1-5,10-11,25H,6-9,24H2. The van der Waals surface area contributed by atoms with Crippen LogP contribution in [-0.4, -0.2) is 42.0 Å². The second kappa shape index (κ2) is 8.42. The van der Waals surface area contributed by atoms with Crippen molar-refractivity contribution in [1.82, 2.24) is 15.3 Å². The molecule has 2 aromatic carbocycles. The summed E-state index contributed by atoms with van der Waals surface area (Å²) >= 11 is 1.01. The predicted octanol–water partition coefficient (Wildman–Crippen LogP) is 3.33. The average molecular weight is 433 g/mol. The number of anilines is 3. The Morgan fingerprint density at radius 1 is 1.10 bits per heavy atom. The van der Waals surface area contributed by atoms with Gasteiger partial charge in [-0.25, -0.2) is 28.2 Å². The van der Waals surface area contributed by atoms with Crippen molar-refractivity contribution in [2.45, 2.75) is 0 Å². The number of hydrogen-bond donors (Lipinski definition) is 2. The van der Waals surface area contributed by atoms with Gasteiger partial charge in [0.25, 0.3) is 0 Å². The molecule has 1 aromatic heterocycles. The van der Waals surface area contributed by atoms with Crippen LogP contribution in [0, 0.1) is 17.5 Å². The van der Waals surface area contributed by atoms with E-state index < -0.39 is 23.2 Å². The van der Waals surface area contributed by atoms with Crippen molar-refractivity contribution in [2.75, 3.05) is 36.9 Å². The van der Waals surface area contributed by atoms with Gasteiger partial charge in [0, 0.05) is 31.7 Å². The molecule has 0 unspecified atom stereocenters. The zero-order chi connectivity index (χ0) is 21.3. The molecular weight excluding hydrogens is 415 g/mol. The third-order valence-corrected chi connectivity index (χ3v) is 5.70. The van der Waals surface area contributed by atoms with Crippen LogP contribution in [0.2, 0.25) is 0 Å². The largest absolute Gasteiger partial charge is 0.382 e. The molecule has 0 amide bonds. The first kappa shape index (κ1) is 20.3. The molecule has 1 saturated heterocycles. The molecule has 4 rings (SSSR count). The average Bonchev–Trinajstić information content (AvgIpc) is 3.13. The van der Waals surface area contributed by atoms with E-state index in [9.17, 15) is 18.0 Å². The molecular formula is C20H18F3N5OS. The number of hydrazine groups is 1. The summed E-state index contributed by atoms with van der Waals surface area (Å²) in [5.41, 5.74) is 6.50. The monoisotopic (exact) mass is 433 g/mol. The Balaban J connectivity index is 1.73. The fourth-order valence-corrected chi connectivity index (χ4v) is 4.20. The van der Waals surface area contributed by atoms with Gasteiger partial charge in [-0.3, -0.25) is 4.79 Å². The Labute approximate surface area is 174 Å². The van der Waals surface area contributed by atoms with Gasteiger partial charge < -0.3 is 11.1 Å². The van der Waals surface area contributed by atoms with E-state index in [0.29, 0.717) is 30.4 Å². The first-order valence-electron chi connectivity index (χ1n) is 9.22. The van der Waals surface area contributed by atoms with E-state index >= 15 is 0 Å². The van der Waals surface area contributed by atoms with Gasteiger partial charge in [0.15, 0.2) is 17.5 Å². The van der Waals surface area contributed by atoms with Crippen molar-refractivity contribution in [2.24, 2.45) is 0 Å². The number of hydrogen-bond acceptors (Lipinski definition) is 7. The summed E-state index contributed by atoms with van der Waals surface area (Å²) < 4.78 is 40.4. The molecule has 0 aliphatic carbocycles. The zero-order valence-corrected chi connectivity index (χ0v) is 16.6. The molecule has 3 N–H and O–H groups in total. The highest BCUT2D eigenvalue weighted by molar-refractivity contribution is 7.18. The Kier molecular flexibility index (Phi) is 5.71. The normalized spacial score (nSPS) is 14.6. The highest BCUT2D eigenvalue weighted by Crippen LogP contribution is 2.35. The molecule has 2 heterocycles. The number of aromatic nitrogens is 1. The van der Waals surface area contributed by atoms with E-state index in [1.54, 1.807) is 0 Å². The summed E-state index contributed by atoms with van der Waals surface area (Å²) in [6.45, 7) is 2.99. The van der Waals surface area contributed by atoms with Gasteiger partial charge in [-0.1, -0.05) is 29.5 Å². The summed E-state index contributed by atoms with van der Waals surface area (Å²) in [7, 11) is 0. The molecule has 6 nitrogen and oxygen atoms in total. The highest BCUT2D eigenvalue weighted by atomic mass is 32.1. The van der Waals surface area contributed by atoms with Crippen molar-refractivity contribution in [3.05, 3.63) is 70.4 Å². The van der Waals surface area contributed by atoms with E-state index in [1.807, 2.05) is 35.3 Å². The topological polar surface area (TPSA) is 74.5 Å². The fourth-order valence-electron chi connectivity index (χ4n) is 3.21. The lowest BCUT2D eigenvalue weighted by Gasteiger charge is -2.37. The van der Waals surface area contributed by atoms with Crippen LogP contribution in [0.5, 0.6) is 0 Å². The molecule has 3 aromatic rings. The molecule has 0 radical (unpaired) electrons. The number of nitrogens with zero attached hydrogens (tertiary/aromatic N) is 3. The van der Waals surface area contributed by atoms with Crippen LogP contribution < -0.4 is 16.1 Å². The maximum absolute atomic E-state index is 13.6. The number of nitrogens with one attached hydrogen (secondary N) is 1. The Bertz CT molecular complexity index is 1050. The lowest BCUT2D eigenvalue weighted by molar-refractivity contribution is 0.104. The Hall–Kier alpha value is -2.95. The number of nitrogen functional groups attached to an aromatic ring is 1. The van der Waals surface area contributed by atoms with Crippen LogP contribution in [0.25, 0.3) is 0 Å². The second-order valence-electron chi connectivity index (χ2n) is 6.64. The first-order chi connectivity index (χ1) is 14.5. The fraction of sp³-hybridized carbons (Fsp3) is 0.200. The van der Waals surface area contributed by atoms with Crippen molar-refractivity contribution in [3.63, 3.8) is 0 Å². The molecule has 0 bridgehead atoms. The molecule has 10 heteroatoms. The summed E-state index contributed by atoms with van der Waals surface area (Å²) in [6.07, 6.45) is 0. The van der Waals surface area contributed by atoms with Crippen LogP contribution in [0.3, 0.4) is 0 Å². The number of ketones is 1. The number of carbonyl (C=O) groups excluding carboxylic acids is 1. The summed E-state index contributed by atoms with van der Waals surface area (Å²) in [6, 6.07) is 10.8. The third-order valence-electron chi connectivity index (χ3n) is 4.65. The van der Waals surface area contributed by atoms with Crippen molar-refractivity contribution in [3.8, 4) is 0 Å². The van der Waals surface area contributed by atoms with Gasteiger partial charge in [0.1, 0.15) is 10.7 Å². The molecule has 1 aliphatic rings. The van der Waals surface area contributed by atoms with Crippen LogP contribution in [0.4, 0.5) is 29.8 Å². The number of rotatable bonds is 5. The summed E-state index contributed by atoms with van der Waals surface area (Å²) in [4.78, 5) is 17.2. The van der Waals surface area contributed by atoms with Gasteiger partial charge in [-0.15, -0.1) is 0 Å². The molecule has 1 aliphatic heterocycles. The quantitative estimate of drug-likeness (QED) is 0.475. The van der Waals surface area contributed by atoms with Gasteiger partial charge in [-0.05, 0) is 24.3 Å².